The van der Waals surface area contributed by atoms with Crippen molar-refractivity contribution in [1.82, 2.24) is 9.97 Å². The maximum absolute atomic E-state index is 13.6. The molecule has 0 amide bonds. The van der Waals surface area contributed by atoms with Crippen LogP contribution in [-0.2, 0) is 0 Å². The molecule has 0 bridgehead atoms. The molecule has 0 radical (unpaired) electrons. The van der Waals surface area contributed by atoms with Gasteiger partial charge in [-0.2, -0.15) is 4.98 Å². The summed E-state index contributed by atoms with van der Waals surface area (Å²) >= 11 is 0. The third-order valence-electron chi connectivity index (χ3n) is 2.53. The fourth-order valence-corrected chi connectivity index (χ4v) is 1.64. The molecule has 3 rings (SSSR count). The third kappa shape index (κ3) is 1.79. The normalized spacial score (nSPS) is 11.1. The summed E-state index contributed by atoms with van der Waals surface area (Å²) in [4.78, 5) is 7.77. The van der Waals surface area contributed by atoms with E-state index >= 15 is 0 Å². The van der Waals surface area contributed by atoms with E-state index in [0.717, 1.165) is 12.1 Å². The first-order valence-electron chi connectivity index (χ1n) is 5.22. The van der Waals surface area contributed by atoms with Gasteiger partial charge in [0.05, 0.1) is 17.4 Å². The molecule has 4 nitrogen and oxygen atoms in total. The quantitative estimate of drug-likeness (QED) is 0.687. The van der Waals surface area contributed by atoms with Crippen LogP contribution in [0.1, 0.15) is 0 Å². The van der Waals surface area contributed by atoms with Gasteiger partial charge in [0.15, 0.2) is 28.7 Å². The number of aromatic nitrogens is 2. The molecule has 2 aromatic heterocycles. The monoisotopic (exact) mass is 265 g/mol. The van der Waals surface area contributed by atoms with Gasteiger partial charge >= 0.3 is 0 Å². The molecular formula is C12H6F3N3O. The zero-order valence-electron chi connectivity index (χ0n) is 9.32. The van der Waals surface area contributed by atoms with Gasteiger partial charge in [0.25, 0.3) is 0 Å². The van der Waals surface area contributed by atoms with Gasteiger partial charge in [0, 0.05) is 6.07 Å². The van der Waals surface area contributed by atoms with E-state index < -0.39 is 17.5 Å². The Labute approximate surface area is 104 Å². The number of hydrogen-bond acceptors (Lipinski definition) is 4. The van der Waals surface area contributed by atoms with Crippen molar-refractivity contribution in [2.75, 3.05) is 5.73 Å². The maximum Gasteiger partial charge on any atom is 0.231 e. The van der Waals surface area contributed by atoms with Crippen molar-refractivity contribution < 1.29 is 17.6 Å². The zero-order valence-corrected chi connectivity index (χ0v) is 9.32. The van der Waals surface area contributed by atoms with Crippen molar-refractivity contribution in [3.05, 3.63) is 41.8 Å². The number of nitrogens with zero attached hydrogens (tertiary/aromatic N) is 2. The minimum absolute atomic E-state index is 0.190. The van der Waals surface area contributed by atoms with Crippen LogP contribution in [0.5, 0.6) is 0 Å². The number of benzene rings is 1. The second kappa shape index (κ2) is 3.98. The number of halogens is 3. The summed E-state index contributed by atoms with van der Waals surface area (Å²) in [5, 5.41) is 0. The molecule has 96 valence electrons. The predicted molar refractivity (Wildman–Crippen MR) is 61.5 cm³/mol. The van der Waals surface area contributed by atoms with Gasteiger partial charge in [-0.15, -0.1) is 0 Å². The summed E-state index contributed by atoms with van der Waals surface area (Å²) in [7, 11) is 0. The summed E-state index contributed by atoms with van der Waals surface area (Å²) in [6, 6.07) is 3.29. The molecular weight excluding hydrogens is 259 g/mol. The van der Waals surface area contributed by atoms with Crippen LogP contribution in [0.2, 0.25) is 0 Å². The molecule has 19 heavy (non-hydrogen) atoms. The van der Waals surface area contributed by atoms with Crippen molar-refractivity contribution in [2.24, 2.45) is 0 Å². The Bertz CT molecular complexity index is 785. The average Bonchev–Trinajstić information content (AvgIpc) is 2.78. The molecule has 0 aliphatic rings. The number of anilines is 1. The van der Waals surface area contributed by atoms with Gasteiger partial charge in [0.2, 0.25) is 5.89 Å². The Balaban J connectivity index is 2.22. The van der Waals surface area contributed by atoms with E-state index in [2.05, 4.69) is 9.97 Å². The van der Waals surface area contributed by atoms with Crippen molar-refractivity contribution in [3.8, 4) is 11.5 Å². The second-order valence-electron chi connectivity index (χ2n) is 3.83. The highest BCUT2D eigenvalue weighted by Gasteiger charge is 2.19. The highest BCUT2D eigenvalue weighted by Crippen LogP contribution is 2.28. The second-order valence-corrected chi connectivity index (χ2v) is 3.83. The number of oxazole rings is 1. The lowest BCUT2D eigenvalue weighted by atomic mass is 10.2. The van der Waals surface area contributed by atoms with Crippen molar-refractivity contribution >= 4 is 16.9 Å². The first-order chi connectivity index (χ1) is 9.06. The molecule has 3 aromatic rings. The minimum Gasteiger partial charge on any atom is -0.434 e. The Kier molecular flexibility index (Phi) is 2.41. The standard InChI is InChI=1S/C12H6F3N3O/c13-7-2-1-6(9(14)10(7)15)12-18-11-8(19-12)3-5(16)4-17-11/h1-4H,16H2. The van der Waals surface area contributed by atoms with E-state index in [1.807, 2.05) is 0 Å². The smallest absolute Gasteiger partial charge is 0.231 e. The van der Waals surface area contributed by atoms with Gasteiger partial charge < -0.3 is 10.2 Å². The molecule has 0 saturated carbocycles. The Morgan fingerprint density at radius 1 is 1.11 bits per heavy atom. The number of hydrogen-bond donors (Lipinski definition) is 1. The third-order valence-corrected chi connectivity index (χ3v) is 2.53. The molecule has 0 atom stereocenters. The topological polar surface area (TPSA) is 64.9 Å². The van der Waals surface area contributed by atoms with Gasteiger partial charge in [-0.1, -0.05) is 0 Å². The summed E-state index contributed by atoms with van der Waals surface area (Å²) in [6.07, 6.45) is 1.36. The number of rotatable bonds is 1. The summed E-state index contributed by atoms with van der Waals surface area (Å²) in [5.74, 6) is -4.41. The molecule has 2 N–H and O–H groups in total. The van der Waals surface area contributed by atoms with E-state index in [1.165, 1.54) is 12.3 Å². The predicted octanol–water partition coefficient (Wildman–Crippen LogP) is 2.89. The van der Waals surface area contributed by atoms with Crippen LogP contribution in [0.3, 0.4) is 0 Å². The van der Waals surface area contributed by atoms with Crippen LogP contribution in [-0.4, -0.2) is 9.97 Å². The molecule has 7 heteroatoms. The number of nitrogens with two attached hydrogens (primary N) is 1. The van der Waals surface area contributed by atoms with Crippen LogP contribution in [0.4, 0.5) is 18.9 Å². The van der Waals surface area contributed by atoms with E-state index in [0.29, 0.717) is 5.69 Å². The summed E-state index contributed by atoms with van der Waals surface area (Å²) in [5.41, 5.74) is 6.02. The average molecular weight is 265 g/mol. The van der Waals surface area contributed by atoms with Crippen LogP contribution in [0.15, 0.2) is 28.8 Å². The number of fused-ring (bicyclic) bond motifs is 1. The summed E-state index contributed by atoms with van der Waals surface area (Å²) in [6.45, 7) is 0. The van der Waals surface area contributed by atoms with Gasteiger partial charge in [-0.3, -0.25) is 0 Å². The Morgan fingerprint density at radius 2 is 1.89 bits per heavy atom. The van der Waals surface area contributed by atoms with E-state index in [1.54, 1.807) is 0 Å². The lowest BCUT2D eigenvalue weighted by molar-refractivity contribution is 0.446. The SMILES string of the molecule is Nc1cnc2nc(-c3ccc(F)c(F)c3F)oc2c1. The molecule has 0 aliphatic heterocycles. The minimum atomic E-state index is -1.58. The highest BCUT2D eigenvalue weighted by atomic mass is 19.2. The fraction of sp³-hybridized carbons (Fsp3) is 0. The lowest BCUT2D eigenvalue weighted by Gasteiger charge is -1.99. The first kappa shape index (κ1) is 11.5. The summed E-state index contributed by atoms with van der Waals surface area (Å²) < 4.78 is 44.8. The fourth-order valence-electron chi connectivity index (χ4n) is 1.64. The lowest BCUT2D eigenvalue weighted by Crippen LogP contribution is -1.93. The highest BCUT2D eigenvalue weighted by molar-refractivity contribution is 5.75. The van der Waals surface area contributed by atoms with Crippen molar-refractivity contribution in [2.45, 2.75) is 0 Å². The molecule has 1 aromatic carbocycles. The molecule has 2 heterocycles. The number of nitrogen functional groups attached to an aromatic ring is 1. The molecule has 0 aliphatic carbocycles. The van der Waals surface area contributed by atoms with Gasteiger partial charge in [0.1, 0.15) is 0 Å². The Hall–Kier alpha value is -2.57. The van der Waals surface area contributed by atoms with Gasteiger partial charge in [-0.05, 0) is 12.1 Å². The van der Waals surface area contributed by atoms with Crippen LogP contribution in [0, 0.1) is 17.5 Å². The van der Waals surface area contributed by atoms with Crippen LogP contribution >= 0.6 is 0 Å². The van der Waals surface area contributed by atoms with Crippen LogP contribution in [0.25, 0.3) is 22.7 Å². The Morgan fingerprint density at radius 3 is 2.68 bits per heavy atom. The maximum atomic E-state index is 13.6. The van der Waals surface area contributed by atoms with E-state index in [9.17, 15) is 13.2 Å². The zero-order chi connectivity index (χ0) is 13.6. The van der Waals surface area contributed by atoms with Crippen LogP contribution < -0.4 is 5.73 Å². The molecule has 0 fully saturated rings. The van der Waals surface area contributed by atoms with Crippen molar-refractivity contribution in [3.63, 3.8) is 0 Å². The number of pyridine rings is 1. The first-order valence-corrected chi connectivity index (χ1v) is 5.22. The van der Waals surface area contributed by atoms with Gasteiger partial charge in [-0.25, -0.2) is 18.2 Å². The largest absolute Gasteiger partial charge is 0.434 e. The molecule has 0 unspecified atom stereocenters. The molecule has 0 spiro atoms. The molecule has 0 saturated heterocycles. The van der Waals surface area contributed by atoms with E-state index in [-0.39, 0.29) is 22.7 Å². The van der Waals surface area contributed by atoms with Crippen molar-refractivity contribution in [1.29, 1.82) is 0 Å². The van der Waals surface area contributed by atoms with E-state index in [4.69, 9.17) is 10.2 Å².